The molecule has 0 aliphatic carbocycles. The standard InChI is InChI=1S/C12H19NO2S/c1-3-16(14)8-7-13-10-11-5-4-6-12(9-11)15-2/h4-6,9,13H,3,7-8,10H2,1-2H3. The predicted molar refractivity (Wildman–Crippen MR) is 68.3 cm³/mol. The van der Waals surface area contributed by atoms with Crippen LogP contribution >= 0.6 is 0 Å². The summed E-state index contributed by atoms with van der Waals surface area (Å²) >= 11 is 0. The number of methoxy groups -OCH3 is 1. The molecular formula is C12H19NO2S. The Hall–Kier alpha value is -0.870. The van der Waals surface area contributed by atoms with Crippen molar-refractivity contribution in [2.75, 3.05) is 25.2 Å². The van der Waals surface area contributed by atoms with Crippen LogP contribution in [0.2, 0.25) is 0 Å². The van der Waals surface area contributed by atoms with Gasteiger partial charge in [0, 0.05) is 35.4 Å². The summed E-state index contributed by atoms with van der Waals surface area (Å²) in [6.45, 7) is 3.52. The fraction of sp³-hybridized carbons (Fsp3) is 0.500. The molecule has 1 atom stereocenters. The Morgan fingerprint density at radius 1 is 1.44 bits per heavy atom. The molecule has 0 spiro atoms. The lowest BCUT2D eigenvalue weighted by Crippen LogP contribution is -2.20. The van der Waals surface area contributed by atoms with E-state index >= 15 is 0 Å². The molecule has 0 fully saturated rings. The second kappa shape index (κ2) is 7.41. The topological polar surface area (TPSA) is 38.3 Å². The third kappa shape index (κ3) is 4.77. The van der Waals surface area contributed by atoms with E-state index in [1.54, 1.807) is 7.11 Å². The summed E-state index contributed by atoms with van der Waals surface area (Å²) in [5.41, 5.74) is 1.18. The molecule has 0 radical (unpaired) electrons. The Morgan fingerprint density at radius 3 is 2.94 bits per heavy atom. The minimum atomic E-state index is -0.678. The van der Waals surface area contributed by atoms with Crippen LogP contribution < -0.4 is 10.1 Å². The molecule has 90 valence electrons. The normalized spacial score (nSPS) is 12.4. The van der Waals surface area contributed by atoms with Gasteiger partial charge in [-0.2, -0.15) is 0 Å². The average Bonchev–Trinajstić information content (AvgIpc) is 2.34. The van der Waals surface area contributed by atoms with Crippen molar-refractivity contribution in [3.63, 3.8) is 0 Å². The van der Waals surface area contributed by atoms with Crippen molar-refractivity contribution in [3.8, 4) is 5.75 Å². The zero-order valence-electron chi connectivity index (χ0n) is 9.86. The molecular weight excluding hydrogens is 222 g/mol. The van der Waals surface area contributed by atoms with Crippen LogP contribution in [0.3, 0.4) is 0 Å². The highest BCUT2D eigenvalue weighted by atomic mass is 32.2. The van der Waals surface area contributed by atoms with Crippen molar-refractivity contribution in [1.82, 2.24) is 5.32 Å². The Labute approximate surface area is 99.7 Å². The maximum Gasteiger partial charge on any atom is 0.119 e. The molecule has 0 aliphatic rings. The predicted octanol–water partition coefficient (Wildman–Crippen LogP) is 1.55. The molecule has 0 aliphatic heterocycles. The minimum Gasteiger partial charge on any atom is -0.497 e. The van der Waals surface area contributed by atoms with Gasteiger partial charge in [0.1, 0.15) is 5.75 Å². The Balaban J connectivity index is 2.28. The van der Waals surface area contributed by atoms with Crippen LogP contribution in [0.25, 0.3) is 0 Å². The number of nitrogens with one attached hydrogen (secondary N) is 1. The molecule has 0 heterocycles. The van der Waals surface area contributed by atoms with Crippen LogP contribution in [0.5, 0.6) is 5.75 Å². The fourth-order valence-electron chi connectivity index (χ4n) is 1.35. The first-order chi connectivity index (χ1) is 7.76. The highest BCUT2D eigenvalue weighted by Gasteiger charge is 1.97. The number of rotatable bonds is 7. The molecule has 1 rings (SSSR count). The molecule has 0 saturated carbocycles. The SMILES string of the molecule is CCS(=O)CCNCc1cccc(OC)c1. The average molecular weight is 241 g/mol. The summed E-state index contributed by atoms with van der Waals surface area (Å²) in [7, 11) is 0.986. The summed E-state index contributed by atoms with van der Waals surface area (Å²) in [6.07, 6.45) is 0. The van der Waals surface area contributed by atoms with E-state index in [0.717, 1.165) is 30.3 Å². The molecule has 1 aromatic carbocycles. The van der Waals surface area contributed by atoms with Crippen LogP contribution in [0.15, 0.2) is 24.3 Å². The van der Waals surface area contributed by atoms with E-state index in [1.165, 1.54) is 5.56 Å². The van der Waals surface area contributed by atoms with Gasteiger partial charge in [-0.3, -0.25) is 4.21 Å². The van der Waals surface area contributed by atoms with Gasteiger partial charge in [-0.25, -0.2) is 0 Å². The monoisotopic (exact) mass is 241 g/mol. The number of benzene rings is 1. The van der Waals surface area contributed by atoms with Crippen molar-refractivity contribution >= 4 is 10.8 Å². The van der Waals surface area contributed by atoms with E-state index in [4.69, 9.17) is 4.74 Å². The van der Waals surface area contributed by atoms with Crippen LogP contribution in [0.4, 0.5) is 0 Å². The van der Waals surface area contributed by atoms with Gasteiger partial charge in [-0.05, 0) is 17.7 Å². The van der Waals surface area contributed by atoms with Crippen LogP contribution in [-0.2, 0) is 17.3 Å². The third-order valence-electron chi connectivity index (χ3n) is 2.29. The second-order valence-electron chi connectivity index (χ2n) is 3.46. The van der Waals surface area contributed by atoms with E-state index in [0.29, 0.717) is 0 Å². The molecule has 0 aromatic heterocycles. The molecule has 1 N–H and O–H groups in total. The van der Waals surface area contributed by atoms with Crippen molar-refractivity contribution in [1.29, 1.82) is 0 Å². The first kappa shape index (κ1) is 13.2. The summed E-state index contributed by atoms with van der Waals surface area (Å²) in [5.74, 6) is 2.33. The number of ether oxygens (including phenoxy) is 1. The Morgan fingerprint density at radius 2 is 2.25 bits per heavy atom. The largest absolute Gasteiger partial charge is 0.497 e. The van der Waals surface area contributed by atoms with E-state index in [1.807, 2.05) is 31.2 Å². The second-order valence-corrected chi connectivity index (χ2v) is 5.33. The van der Waals surface area contributed by atoms with Crippen molar-refractivity contribution in [3.05, 3.63) is 29.8 Å². The zero-order chi connectivity index (χ0) is 11.8. The maximum atomic E-state index is 11.2. The first-order valence-electron chi connectivity index (χ1n) is 5.45. The number of hydrogen-bond donors (Lipinski definition) is 1. The summed E-state index contributed by atoms with van der Waals surface area (Å²) < 4.78 is 16.3. The molecule has 1 unspecified atom stereocenters. The Bertz CT molecular complexity index is 342. The highest BCUT2D eigenvalue weighted by molar-refractivity contribution is 7.84. The molecule has 4 heteroatoms. The van der Waals surface area contributed by atoms with Crippen LogP contribution in [-0.4, -0.2) is 29.4 Å². The molecule has 0 saturated heterocycles. The lowest BCUT2D eigenvalue weighted by Gasteiger charge is -2.06. The molecule has 0 amide bonds. The van der Waals surface area contributed by atoms with Gasteiger partial charge in [-0.1, -0.05) is 19.1 Å². The van der Waals surface area contributed by atoms with E-state index in [2.05, 4.69) is 5.32 Å². The van der Waals surface area contributed by atoms with Gasteiger partial charge in [0.25, 0.3) is 0 Å². The lowest BCUT2D eigenvalue weighted by molar-refractivity contribution is 0.414. The van der Waals surface area contributed by atoms with Gasteiger partial charge < -0.3 is 10.1 Å². The maximum absolute atomic E-state index is 11.2. The van der Waals surface area contributed by atoms with Gasteiger partial charge in [-0.15, -0.1) is 0 Å². The summed E-state index contributed by atoms with van der Waals surface area (Å²) in [6, 6.07) is 7.95. The minimum absolute atomic E-state index is 0.678. The van der Waals surface area contributed by atoms with Gasteiger partial charge in [0.05, 0.1) is 7.11 Å². The zero-order valence-corrected chi connectivity index (χ0v) is 10.7. The molecule has 1 aromatic rings. The van der Waals surface area contributed by atoms with E-state index in [9.17, 15) is 4.21 Å². The van der Waals surface area contributed by atoms with Crippen LogP contribution in [0, 0.1) is 0 Å². The third-order valence-corrected chi connectivity index (χ3v) is 3.60. The Kier molecular flexibility index (Phi) is 6.11. The van der Waals surface area contributed by atoms with Gasteiger partial charge in [0.2, 0.25) is 0 Å². The van der Waals surface area contributed by atoms with E-state index in [-0.39, 0.29) is 0 Å². The molecule has 3 nitrogen and oxygen atoms in total. The van der Waals surface area contributed by atoms with Gasteiger partial charge in [0.15, 0.2) is 0 Å². The van der Waals surface area contributed by atoms with Crippen molar-refractivity contribution in [2.45, 2.75) is 13.5 Å². The lowest BCUT2D eigenvalue weighted by atomic mass is 10.2. The van der Waals surface area contributed by atoms with Crippen molar-refractivity contribution < 1.29 is 8.95 Å². The van der Waals surface area contributed by atoms with Gasteiger partial charge >= 0.3 is 0 Å². The molecule has 16 heavy (non-hydrogen) atoms. The highest BCUT2D eigenvalue weighted by Crippen LogP contribution is 2.11. The van der Waals surface area contributed by atoms with Crippen molar-refractivity contribution in [2.24, 2.45) is 0 Å². The first-order valence-corrected chi connectivity index (χ1v) is 6.93. The summed E-state index contributed by atoms with van der Waals surface area (Å²) in [5, 5.41) is 3.27. The fourth-order valence-corrected chi connectivity index (χ4v) is 2.01. The molecule has 0 bridgehead atoms. The number of hydrogen-bond acceptors (Lipinski definition) is 3. The van der Waals surface area contributed by atoms with E-state index < -0.39 is 10.8 Å². The summed E-state index contributed by atoms with van der Waals surface area (Å²) in [4.78, 5) is 0. The smallest absolute Gasteiger partial charge is 0.119 e. The van der Waals surface area contributed by atoms with Crippen LogP contribution in [0.1, 0.15) is 12.5 Å². The quantitative estimate of drug-likeness (QED) is 0.736.